The van der Waals surface area contributed by atoms with Crippen molar-refractivity contribution in [3.8, 4) is 0 Å². The third kappa shape index (κ3) is 3.82. The second-order valence-corrected chi connectivity index (χ2v) is 6.52. The Morgan fingerprint density at radius 2 is 2.05 bits per heavy atom. The average Bonchev–Trinajstić information content (AvgIpc) is 2.93. The standard InChI is InChI=1S/C18H28N2O.ClH/c1-12-8-9-16(13(2)10-12)14(3)20(4)18(21)17-7-5-6-15(17)11-19;/h8-10,14-15,17H,5-7,11,19H2,1-4H3;1H/t14?,15-,17-;/m1./s1. The fourth-order valence-corrected chi connectivity index (χ4v) is 3.60. The predicted octanol–water partition coefficient (Wildman–Crippen LogP) is 3.62. The summed E-state index contributed by atoms with van der Waals surface area (Å²) in [6, 6.07) is 6.56. The topological polar surface area (TPSA) is 46.3 Å². The number of amides is 1. The molecule has 1 aromatic rings. The molecule has 0 aliphatic heterocycles. The Kier molecular flexibility index (Phi) is 6.89. The van der Waals surface area contributed by atoms with Gasteiger partial charge in [-0.25, -0.2) is 0 Å². The van der Waals surface area contributed by atoms with Crippen LogP contribution < -0.4 is 5.73 Å². The van der Waals surface area contributed by atoms with Crippen molar-refractivity contribution in [2.75, 3.05) is 13.6 Å². The van der Waals surface area contributed by atoms with Gasteiger partial charge in [0, 0.05) is 13.0 Å². The van der Waals surface area contributed by atoms with Crippen molar-refractivity contribution in [1.82, 2.24) is 4.90 Å². The first kappa shape index (κ1) is 19.0. The first-order valence-corrected chi connectivity index (χ1v) is 7.99. The molecule has 0 aromatic heterocycles. The highest BCUT2D eigenvalue weighted by Crippen LogP contribution is 2.34. The lowest BCUT2D eigenvalue weighted by atomic mass is 9.93. The van der Waals surface area contributed by atoms with Crippen LogP contribution in [0.1, 0.15) is 48.9 Å². The van der Waals surface area contributed by atoms with E-state index >= 15 is 0 Å². The maximum atomic E-state index is 12.8. The maximum absolute atomic E-state index is 12.8. The van der Waals surface area contributed by atoms with Gasteiger partial charge in [-0.05, 0) is 57.2 Å². The van der Waals surface area contributed by atoms with Gasteiger partial charge in [-0.3, -0.25) is 4.79 Å². The number of rotatable bonds is 4. The van der Waals surface area contributed by atoms with Crippen LogP contribution in [0.3, 0.4) is 0 Å². The van der Waals surface area contributed by atoms with E-state index in [2.05, 4.69) is 39.0 Å². The van der Waals surface area contributed by atoms with Gasteiger partial charge in [0.25, 0.3) is 0 Å². The minimum absolute atomic E-state index is 0. The van der Waals surface area contributed by atoms with E-state index in [1.54, 1.807) is 0 Å². The lowest BCUT2D eigenvalue weighted by molar-refractivity contribution is -0.137. The van der Waals surface area contributed by atoms with Gasteiger partial charge in [0.05, 0.1) is 6.04 Å². The fraction of sp³-hybridized carbons (Fsp3) is 0.611. The van der Waals surface area contributed by atoms with Gasteiger partial charge in [-0.15, -0.1) is 12.4 Å². The van der Waals surface area contributed by atoms with Crippen LogP contribution in [0, 0.1) is 25.7 Å². The molecular weight excluding hydrogens is 296 g/mol. The first-order chi connectivity index (χ1) is 9.95. The lowest BCUT2D eigenvalue weighted by Crippen LogP contribution is -2.38. The van der Waals surface area contributed by atoms with Crippen LogP contribution in [0.15, 0.2) is 18.2 Å². The molecule has 0 bridgehead atoms. The van der Waals surface area contributed by atoms with E-state index in [-0.39, 0.29) is 30.3 Å². The Hall–Kier alpha value is -1.06. The number of benzene rings is 1. The van der Waals surface area contributed by atoms with Gasteiger partial charge >= 0.3 is 0 Å². The number of nitrogens with two attached hydrogens (primary N) is 1. The minimum Gasteiger partial charge on any atom is -0.339 e. The molecule has 1 aromatic carbocycles. The van der Waals surface area contributed by atoms with Crippen molar-refractivity contribution in [3.63, 3.8) is 0 Å². The number of carbonyl (C=O) groups is 1. The predicted molar refractivity (Wildman–Crippen MR) is 94.2 cm³/mol. The molecule has 4 heteroatoms. The van der Waals surface area contributed by atoms with E-state index in [1.165, 1.54) is 16.7 Å². The van der Waals surface area contributed by atoms with Gasteiger partial charge in [-0.2, -0.15) is 0 Å². The molecule has 1 fully saturated rings. The van der Waals surface area contributed by atoms with Crippen LogP contribution in [0.2, 0.25) is 0 Å². The van der Waals surface area contributed by atoms with E-state index in [9.17, 15) is 4.79 Å². The summed E-state index contributed by atoms with van der Waals surface area (Å²) in [6.45, 7) is 6.96. The normalized spacial score (nSPS) is 22.0. The quantitative estimate of drug-likeness (QED) is 0.919. The minimum atomic E-state index is 0. The summed E-state index contributed by atoms with van der Waals surface area (Å²) < 4.78 is 0. The molecular formula is C18H29ClN2O. The van der Waals surface area contributed by atoms with Crippen molar-refractivity contribution < 1.29 is 4.79 Å². The number of hydrogen-bond acceptors (Lipinski definition) is 2. The van der Waals surface area contributed by atoms with E-state index < -0.39 is 0 Å². The lowest BCUT2D eigenvalue weighted by Gasteiger charge is -2.30. The molecule has 2 rings (SSSR count). The van der Waals surface area contributed by atoms with Crippen molar-refractivity contribution in [3.05, 3.63) is 34.9 Å². The molecule has 124 valence electrons. The number of hydrogen-bond donors (Lipinski definition) is 1. The summed E-state index contributed by atoms with van der Waals surface area (Å²) in [5, 5.41) is 0. The molecule has 1 amide bonds. The summed E-state index contributed by atoms with van der Waals surface area (Å²) in [6.07, 6.45) is 3.22. The zero-order valence-corrected chi connectivity index (χ0v) is 15.0. The highest BCUT2D eigenvalue weighted by Gasteiger charge is 2.35. The molecule has 0 heterocycles. The fourth-order valence-electron chi connectivity index (χ4n) is 3.60. The molecule has 1 unspecified atom stereocenters. The van der Waals surface area contributed by atoms with Crippen molar-refractivity contribution in [2.24, 2.45) is 17.6 Å². The summed E-state index contributed by atoms with van der Waals surface area (Å²) in [5.41, 5.74) is 9.57. The van der Waals surface area contributed by atoms with Crippen molar-refractivity contribution >= 4 is 18.3 Å². The van der Waals surface area contributed by atoms with Gasteiger partial charge in [0.15, 0.2) is 0 Å². The molecule has 3 nitrogen and oxygen atoms in total. The monoisotopic (exact) mass is 324 g/mol. The van der Waals surface area contributed by atoms with Gasteiger partial charge in [0.1, 0.15) is 0 Å². The number of carbonyl (C=O) groups excluding carboxylic acids is 1. The van der Waals surface area contributed by atoms with E-state index in [0.717, 1.165) is 19.3 Å². The highest BCUT2D eigenvalue weighted by molar-refractivity contribution is 5.85. The Balaban J connectivity index is 0.00000242. The van der Waals surface area contributed by atoms with Crippen LogP contribution in [0.4, 0.5) is 0 Å². The van der Waals surface area contributed by atoms with Gasteiger partial charge in [0.2, 0.25) is 5.91 Å². The average molecular weight is 325 g/mol. The molecule has 2 N–H and O–H groups in total. The Bertz CT molecular complexity index is 518. The van der Waals surface area contributed by atoms with Crippen molar-refractivity contribution in [2.45, 2.75) is 46.1 Å². The molecule has 1 aliphatic rings. The third-order valence-corrected chi connectivity index (χ3v) is 5.08. The zero-order valence-electron chi connectivity index (χ0n) is 14.1. The number of halogens is 1. The van der Waals surface area contributed by atoms with Crippen LogP contribution >= 0.6 is 12.4 Å². The Morgan fingerprint density at radius 1 is 1.36 bits per heavy atom. The molecule has 0 saturated heterocycles. The second-order valence-electron chi connectivity index (χ2n) is 6.52. The molecule has 3 atom stereocenters. The molecule has 1 saturated carbocycles. The summed E-state index contributed by atoms with van der Waals surface area (Å²) in [4.78, 5) is 14.7. The van der Waals surface area contributed by atoms with Crippen LogP contribution in [-0.2, 0) is 4.79 Å². The first-order valence-electron chi connectivity index (χ1n) is 7.99. The molecule has 22 heavy (non-hydrogen) atoms. The molecule has 1 aliphatic carbocycles. The summed E-state index contributed by atoms with van der Waals surface area (Å²) in [7, 11) is 1.93. The van der Waals surface area contributed by atoms with Crippen LogP contribution in [0.25, 0.3) is 0 Å². The summed E-state index contributed by atoms with van der Waals surface area (Å²) in [5.74, 6) is 0.745. The summed E-state index contributed by atoms with van der Waals surface area (Å²) >= 11 is 0. The smallest absolute Gasteiger partial charge is 0.226 e. The molecule has 0 radical (unpaired) electrons. The van der Waals surface area contributed by atoms with E-state index in [0.29, 0.717) is 12.5 Å². The third-order valence-electron chi connectivity index (χ3n) is 5.08. The van der Waals surface area contributed by atoms with E-state index in [4.69, 9.17) is 5.73 Å². The van der Waals surface area contributed by atoms with Crippen LogP contribution in [0.5, 0.6) is 0 Å². The highest BCUT2D eigenvalue weighted by atomic mass is 35.5. The Labute approximate surface area is 140 Å². The molecule has 0 spiro atoms. The van der Waals surface area contributed by atoms with Crippen molar-refractivity contribution in [1.29, 1.82) is 0 Å². The number of aryl methyl sites for hydroxylation is 2. The Morgan fingerprint density at radius 3 is 2.64 bits per heavy atom. The largest absolute Gasteiger partial charge is 0.339 e. The van der Waals surface area contributed by atoms with Gasteiger partial charge < -0.3 is 10.6 Å². The number of nitrogens with zero attached hydrogens (tertiary/aromatic N) is 1. The van der Waals surface area contributed by atoms with E-state index in [1.807, 2.05) is 11.9 Å². The zero-order chi connectivity index (χ0) is 15.6. The second kappa shape index (κ2) is 7.98. The van der Waals surface area contributed by atoms with Crippen LogP contribution in [-0.4, -0.2) is 24.4 Å². The van der Waals surface area contributed by atoms with Gasteiger partial charge in [-0.1, -0.05) is 30.2 Å². The SMILES string of the molecule is Cc1ccc(C(C)N(C)C(=O)[C@@H]2CCC[C@@H]2CN)c(C)c1.Cl. The maximum Gasteiger partial charge on any atom is 0.226 e.